The molecule has 1 aromatic carbocycles. The van der Waals surface area contributed by atoms with Crippen molar-refractivity contribution >= 4 is 16.8 Å². The summed E-state index contributed by atoms with van der Waals surface area (Å²) in [5.41, 5.74) is 4.03. The zero-order valence-electron chi connectivity index (χ0n) is 16.4. The standard InChI is InChI=1S/C22H26N4O2/c1-16-5-6-19-18(12-16)13-20(25(19)2)22(27)24-15-21(17-4-3-7-23-14-17)26-8-10-28-11-9-26/h3-7,12-14,21H,8-11,15H2,1-2H3,(H,24,27)/t21-/m1/s1. The van der Waals surface area contributed by atoms with Crippen LogP contribution in [0.3, 0.4) is 0 Å². The van der Waals surface area contributed by atoms with Crippen LogP contribution in [0.1, 0.15) is 27.7 Å². The normalized spacial score (nSPS) is 16.2. The monoisotopic (exact) mass is 378 g/mol. The van der Waals surface area contributed by atoms with E-state index in [0.717, 1.165) is 29.6 Å². The third-order valence-electron chi connectivity index (χ3n) is 5.44. The molecule has 0 spiro atoms. The van der Waals surface area contributed by atoms with Gasteiger partial charge in [-0.15, -0.1) is 0 Å². The van der Waals surface area contributed by atoms with E-state index in [1.54, 1.807) is 6.20 Å². The lowest BCUT2D eigenvalue weighted by atomic mass is 10.1. The van der Waals surface area contributed by atoms with E-state index in [1.165, 1.54) is 5.56 Å². The first-order valence-electron chi connectivity index (χ1n) is 9.69. The van der Waals surface area contributed by atoms with Crippen molar-refractivity contribution in [3.63, 3.8) is 0 Å². The summed E-state index contributed by atoms with van der Waals surface area (Å²) in [5, 5.41) is 4.23. The second-order valence-corrected chi connectivity index (χ2v) is 7.31. The SMILES string of the molecule is Cc1ccc2c(c1)cc(C(=O)NC[C@H](c1cccnc1)N1CCOCC1)n2C. The lowest BCUT2D eigenvalue weighted by molar-refractivity contribution is 0.0161. The van der Waals surface area contributed by atoms with Crippen molar-refractivity contribution in [2.75, 3.05) is 32.8 Å². The summed E-state index contributed by atoms with van der Waals surface area (Å²) in [6.07, 6.45) is 3.65. The second-order valence-electron chi connectivity index (χ2n) is 7.31. The van der Waals surface area contributed by atoms with Gasteiger partial charge in [0.2, 0.25) is 0 Å². The highest BCUT2D eigenvalue weighted by molar-refractivity contribution is 5.98. The molecule has 6 heteroatoms. The van der Waals surface area contributed by atoms with Crippen LogP contribution in [0.4, 0.5) is 0 Å². The number of morpholine rings is 1. The summed E-state index contributed by atoms with van der Waals surface area (Å²) in [5.74, 6) is -0.0569. The number of rotatable bonds is 5. The summed E-state index contributed by atoms with van der Waals surface area (Å²) >= 11 is 0. The zero-order valence-corrected chi connectivity index (χ0v) is 16.4. The Balaban J connectivity index is 1.53. The Morgan fingerprint density at radius 2 is 2.07 bits per heavy atom. The molecule has 0 aliphatic carbocycles. The fourth-order valence-electron chi connectivity index (χ4n) is 3.89. The Labute approximate surface area is 165 Å². The zero-order chi connectivity index (χ0) is 19.5. The van der Waals surface area contributed by atoms with E-state index >= 15 is 0 Å². The lowest BCUT2D eigenvalue weighted by Gasteiger charge is -2.34. The maximum atomic E-state index is 12.9. The minimum atomic E-state index is -0.0569. The average Bonchev–Trinajstić information content (AvgIpc) is 3.05. The molecule has 0 saturated carbocycles. The van der Waals surface area contributed by atoms with Gasteiger partial charge in [-0.05, 0) is 36.8 Å². The topological polar surface area (TPSA) is 59.4 Å². The number of pyridine rings is 1. The molecule has 28 heavy (non-hydrogen) atoms. The van der Waals surface area contributed by atoms with Crippen molar-refractivity contribution in [1.82, 2.24) is 19.8 Å². The molecule has 1 saturated heterocycles. The van der Waals surface area contributed by atoms with Gasteiger partial charge in [0.1, 0.15) is 5.69 Å². The number of carbonyl (C=O) groups is 1. The summed E-state index contributed by atoms with van der Waals surface area (Å²) in [6.45, 7) is 5.73. The molecule has 1 amide bonds. The fraction of sp³-hybridized carbons (Fsp3) is 0.364. The van der Waals surface area contributed by atoms with Crippen molar-refractivity contribution in [2.45, 2.75) is 13.0 Å². The molecule has 4 rings (SSSR count). The minimum Gasteiger partial charge on any atom is -0.379 e. The van der Waals surface area contributed by atoms with Gasteiger partial charge in [-0.2, -0.15) is 0 Å². The number of benzene rings is 1. The maximum absolute atomic E-state index is 12.9. The summed E-state index contributed by atoms with van der Waals surface area (Å²) in [4.78, 5) is 19.6. The average molecular weight is 378 g/mol. The van der Waals surface area contributed by atoms with Crippen LogP contribution in [0.15, 0.2) is 48.8 Å². The molecule has 1 N–H and O–H groups in total. The highest BCUT2D eigenvalue weighted by Crippen LogP contribution is 2.22. The maximum Gasteiger partial charge on any atom is 0.267 e. The molecular formula is C22H26N4O2. The minimum absolute atomic E-state index is 0.0569. The Kier molecular flexibility index (Phi) is 5.41. The number of hydrogen-bond donors (Lipinski definition) is 1. The second kappa shape index (κ2) is 8.12. The van der Waals surface area contributed by atoms with E-state index in [2.05, 4.69) is 46.4 Å². The first kappa shape index (κ1) is 18.7. The van der Waals surface area contributed by atoms with E-state index in [-0.39, 0.29) is 11.9 Å². The van der Waals surface area contributed by atoms with Crippen molar-refractivity contribution in [3.8, 4) is 0 Å². The number of aromatic nitrogens is 2. The largest absolute Gasteiger partial charge is 0.379 e. The van der Waals surface area contributed by atoms with Gasteiger partial charge in [-0.1, -0.05) is 17.7 Å². The molecule has 3 heterocycles. The van der Waals surface area contributed by atoms with Crippen LogP contribution in [0.2, 0.25) is 0 Å². The Hall–Kier alpha value is -2.70. The molecule has 6 nitrogen and oxygen atoms in total. The predicted octanol–water partition coefficient (Wildman–Crippen LogP) is 2.69. The molecule has 1 aliphatic rings. The molecule has 0 radical (unpaired) electrons. The number of nitrogens with zero attached hydrogens (tertiary/aromatic N) is 3. The van der Waals surface area contributed by atoms with Gasteiger partial charge in [0.25, 0.3) is 5.91 Å². The van der Waals surface area contributed by atoms with Crippen LogP contribution in [-0.2, 0) is 11.8 Å². The fourth-order valence-corrected chi connectivity index (χ4v) is 3.89. The smallest absolute Gasteiger partial charge is 0.267 e. The van der Waals surface area contributed by atoms with Crippen LogP contribution in [-0.4, -0.2) is 53.2 Å². The van der Waals surface area contributed by atoms with Crippen molar-refractivity contribution in [2.24, 2.45) is 7.05 Å². The quantitative estimate of drug-likeness (QED) is 0.742. The number of ether oxygens (including phenoxy) is 1. The van der Waals surface area contributed by atoms with Gasteiger partial charge >= 0.3 is 0 Å². The molecule has 1 fully saturated rings. The van der Waals surface area contributed by atoms with E-state index in [0.29, 0.717) is 25.5 Å². The number of amides is 1. The summed E-state index contributed by atoms with van der Waals surface area (Å²) < 4.78 is 7.45. The van der Waals surface area contributed by atoms with Crippen molar-refractivity contribution in [1.29, 1.82) is 0 Å². The van der Waals surface area contributed by atoms with Gasteiger partial charge in [-0.3, -0.25) is 14.7 Å². The first-order valence-corrected chi connectivity index (χ1v) is 9.69. The number of carbonyl (C=O) groups excluding carboxylic acids is 1. The van der Waals surface area contributed by atoms with Crippen LogP contribution in [0, 0.1) is 6.92 Å². The lowest BCUT2D eigenvalue weighted by Crippen LogP contribution is -2.44. The summed E-state index contributed by atoms with van der Waals surface area (Å²) in [7, 11) is 1.94. The highest BCUT2D eigenvalue weighted by Gasteiger charge is 2.24. The van der Waals surface area contributed by atoms with Gasteiger partial charge in [-0.25, -0.2) is 0 Å². The molecule has 0 bridgehead atoms. The molecule has 3 aromatic rings. The van der Waals surface area contributed by atoms with E-state index < -0.39 is 0 Å². The Morgan fingerprint density at radius 3 is 2.82 bits per heavy atom. The molecule has 2 aromatic heterocycles. The third kappa shape index (κ3) is 3.79. The van der Waals surface area contributed by atoms with Gasteiger partial charge in [0.15, 0.2) is 0 Å². The van der Waals surface area contributed by atoms with Crippen LogP contribution >= 0.6 is 0 Å². The first-order chi connectivity index (χ1) is 13.6. The van der Waals surface area contributed by atoms with Crippen LogP contribution < -0.4 is 5.32 Å². The van der Waals surface area contributed by atoms with Gasteiger partial charge < -0.3 is 14.6 Å². The van der Waals surface area contributed by atoms with E-state index in [1.807, 2.05) is 29.9 Å². The van der Waals surface area contributed by atoms with Crippen LogP contribution in [0.5, 0.6) is 0 Å². The van der Waals surface area contributed by atoms with Crippen molar-refractivity contribution in [3.05, 3.63) is 65.6 Å². The Morgan fingerprint density at radius 1 is 1.25 bits per heavy atom. The third-order valence-corrected chi connectivity index (χ3v) is 5.44. The molecular weight excluding hydrogens is 352 g/mol. The Bertz CT molecular complexity index is 961. The van der Waals surface area contributed by atoms with E-state index in [9.17, 15) is 4.79 Å². The molecule has 1 aliphatic heterocycles. The van der Waals surface area contributed by atoms with Crippen LogP contribution in [0.25, 0.3) is 10.9 Å². The summed E-state index contributed by atoms with van der Waals surface area (Å²) in [6, 6.07) is 12.3. The van der Waals surface area contributed by atoms with Gasteiger partial charge in [0.05, 0.1) is 19.3 Å². The number of aryl methyl sites for hydroxylation is 2. The number of fused-ring (bicyclic) bond motifs is 1. The van der Waals surface area contributed by atoms with Gasteiger partial charge in [0, 0.05) is 50.0 Å². The molecule has 1 atom stereocenters. The number of nitrogens with one attached hydrogen (secondary N) is 1. The van der Waals surface area contributed by atoms with E-state index in [4.69, 9.17) is 4.74 Å². The molecule has 0 unspecified atom stereocenters. The predicted molar refractivity (Wildman–Crippen MR) is 109 cm³/mol. The highest BCUT2D eigenvalue weighted by atomic mass is 16.5. The number of hydrogen-bond acceptors (Lipinski definition) is 4. The molecule has 146 valence electrons. The van der Waals surface area contributed by atoms with Crippen molar-refractivity contribution < 1.29 is 9.53 Å².